The van der Waals surface area contributed by atoms with E-state index in [4.69, 9.17) is 5.73 Å². The third-order valence-corrected chi connectivity index (χ3v) is 1.04. The summed E-state index contributed by atoms with van der Waals surface area (Å²) in [7, 11) is 0. The molecule has 0 amide bonds. The van der Waals surface area contributed by atoms with Crippen molar-refractivity contribution in [1.29, 1.82) is 0 Å². The number of nitrogens with one attached hydrogen (secondary N) is 1. The highest BCUT2D eigenvalue weighted by molar-refractivity contribution is 5.28. The molecule has 0 aromatic carbocycles. The number of dihydropyridines is 1. The van der Waals surface area contributed by atoms with Crippen LogP contribution < -0.4 is 11.1 Å². The molecule has 0 saturated heterocycles. The number of rotatable bonds is 0. The van der Waals surface area contributed by atoms with Gasteiger partial charge in [-0.05, 0) is 0 Å². The van der Waals surface area contributed by atoms with Gasteiger partial charge in [-0.15, -0.1) is 0 Å². The van der Waals surface area contributed by atoms with Crippen molar-refractivity contribution in [1.82, 2.24) is 5.32 Å². The molecule has 1 aliphatic heterocycles. The van der Waals surface area contributed by atoms with E-state index < -0.39 is 17.4 Å². The van der Waals surface area contributed by atoms with Gasteiger partial charge in [-0.2, -0.15) is 0 Å². The topological polar surface area (TPSA) is 38.0 Å². The summed E-state index contributed by atoms with van der Waals surface area (Å²) in [5, 5.41) is 2.36. The standard InChI is InChI=1S/C5H6F2N2/c6-3-1-9-2-4(7)5(3)8/h1,9H,2,8H2. The number of nitrogens with two attached hydrogens (primary N) is 1. The van der Waals surface area contributed by atoms with Crippen molar-refractivity contribution in [2.75, 3.05) is 6.54 Å². The van der Waals surface area contributed by atoms with Gasteiger partial charge in [0.15, 0.2) is 5.83 Å². The molecule has 0 aliphatic carbocycles. The predicted octanol–water partition coefficient (Wildman–Crippen LogP) is 0.540. The lowest BCUT2D eigenvalue weighted by atomic mass is 10.3. The fourth-order valence-electron chi connectivity index (χ4n) is 0.533. The van der Waals surface area contributed by atoms with Crippen LogP contribution in [0.4, 0.5) is 8.78 Å². The molecule has 0 saturated carbocycles. The lowest BCUT2D eigenvalue weighted by Gasteiger charge is -2.08. The van der Waals surface area contributed by atoms with Crippen molar-refractivity contribution in [2.45, 2.75) is 0 Å². The Labute approximate surface area is 51.0 Å². The molecule has 1 heterocycles. The van der Waals surface area contributed by atoms with Crippen molar-refractivity contribution in [2.24, 2.45) is 5.73 Å². The van der Waals surface area contributed by atoms with Crippen LogP contribution in [0, 0.1) is 0 Å². The Bertz CT molecular complexity index is 183. The Balaban J connectivity index is 2.88. The van der Waals surface area contributed by atoms with Crippen LogP contribution in [0.25, 0.3) is 0 Å². The first kappa shape index (κ1) is 6.07. The molecule has 0 fully saturated rings. The van der Waals surface area contributed by atoms with E-state index in [1.54, 1.807) is 0 Å². The van der Waals surface area contributed by atoms with Crippen molar-refractivity contribution in [3.8, 4) is 0 Å². The summed E-state index contributed by atoms with van der Waals surface area (Å²) in [5.41, 5.74) is 4.55. The van der Waals surface area contributed by atoms with Gasteiger partial charge in [0.2, 0.25) is 0 Å². The molecule has 0 radical (unpaired) electrons. The second-order valence-electron chi connectivity index (χ2n) is 1.69. The van der Waals surface area contributed by atoms with Gasteiger partial charge in [0.1, 0.15) is 11.5 Å². The van der Waals surface area contributed by atoms with Crippen LogP contribution in [0.2, 0.25) is 0 Å². The maximum absolute atomic E-state index is 12.2. The van der Waals surface area contributed by atoms with Gasteiger partial charge in [-0.25, -0.2) is 8.78 Å². The molecule has 0 aromatic heterocycles. The molecular weight excluding hydrogens is 126 g/mol. The fourth-order valence-corrected chi connectivity index (χ4v) is 0.533. The van der Waals surface area contributed by atoms with Crippen molar-refractivity contribution < 1.29 is 8.78 Å². The van der Waals surface area contributed by atoms with E-state index in [9.17, 15) is 8.78 Å². The molecule has 0 spiro atoms. The number of halogens is 2. The Kier molecular flexibility index (Phi) is 1.38. The average molecular weight is 132 g/mol. The molecule has 2 nitrogen and oxygen atoms in total. The molecule has 0 unspecified atom stereocenters. The molecule has 1 aliphatic rings. The zero-order chi connectivity index (χ0) is 6.85. The minimum Gasteiger partial charge on any atom is -0.394 e. The van der Waals surface area contributed by atoms with E-state index >= 15 is 0 Å². The Morgan fingerprint density at radius 3 is 2.67 bits per heavy atom. The lowest BCUT2D eigenvalue weighted by molar-refractivity contribution is 0.540. The molecule has 4 heteroatoms. The zero-order valence-electron chi connectivity index (χ0n) is 4.62. The van der Waals surface area contributed by atoms with Gasteiger partial charge < -0.3 is 11.1 Å². The lowest BCUT2D eigenvalue weighted by Crippen LogP contribution is -2.18. The highest BCUT2D eigenvalue weighted by Gasteiger charge is 2.10. The molecule has 3 N–H and O–H groups in total. The second kappa shape index (κ2) is 2.05. The molecule has 9 heavy (non-hydrogen) atoms. The van der Waals surface area contributed by atoms with Crippen molar-refractivity contribution >= 4 is 0 Å². The Hall–Kier alpha value is -1.06. The molecular formula is C5H6F2N2. The van der Waals surface area contributed by atoms with E-state index in [2.05, 4.69) is 5.32 Å². The average Bonchev–Trinajstić information content (AvgIpc) is 1.83. The predicted molar refractivity (Wildman–Crippen MR) is 29.5 cm³/mol. The Morgan fingerprint density at radius 1 is 1.56 bits per heavy atom. The largest absolute Gasteiger partial charge is 0.394 e. The van der Waals surface area contributed by atoms with Gasteiger partial charge in [0.05, 0.1) is 6.54 Å². The van der Waals surface area contributed by atoms with Crippen LogP contribution in [0.15, 0.2) is 23.6 Å². The molecule has 0 bridgehead atoms. The van der Waals surface area contributed by atoms with Crippen LogP contribution >= 0.6 is 0 Å². The van der Waals surface area contributed by atoms with Crippen LogP contribution in [0.3, 0.4) is 0 Å². The fraction of sp³-hybridized carbons (Fsp3) is 0.200. The summed E-state index contributed by atoms with van der Waals surface area (Å²) in [6.07, 6.45) is 1.04. The zero-order valence-corrected chi connectivity index (χ0v) is 4.62. The van der Waals surface area contributed by atoms with Gasteiger partial charge in [0, 0.05) is 6.20 Å². The summed E-state index contributed by atoms with van der Waals surface area (Å²) < 4.78 is 24.4. The summed E-state index contributed by atoms with van der Waals surface area (Å²) in [6, 6.07) is 0. The highest BCUT2D eigenvalue weighted by Crippen LogP contribution is 2.13. The Morgan fingerprint density at radius 2 is 2.22 bits per heavy atom. The first-order valence-electron chi connectivity index (χ1n) is 2.45. The molecule has 50 valence electrons. The van der Waals surface area contributed by atoms with Crippen molar-refractivity contribution in [3.05, 3.63) is 23.6 Å². The highest BCUT2D eigenvalue weighted by atomic mass is 19.1. The molecule has 0 atom stereocenters. The van der Waals surface area contributed by atoms with E-state index in [1.807, 2.05) is 0 Å². The van der Waals surface area contributed by atoms with Gasteiger partial charge in [-0.1, -0.05) is 0 Å². The molecule has 0 aromatic rings. The van der Waals surface area contributed by atoms with E-state index in [0.717, 1.165) is 6.20 Å². The maximum Gasteiger partial charge on any atom is 0.164 e. The third kappa shape index (κ3) is 1.01. The van der Waals surface area contributed by atoms with Crippen LogP contribution in [0.1, 0.15) is 0 Å². The molecule has 1 rings (SSSR count). The summed E-state index contributed by atoms with van der Waals surface area (Å²) in [4.78, 5) is 0. The van der Waals surface area contributed by atoms with Crippen LogP contribution in [-0.2, 0) is 0 Å². The number of hydrogen-bond acceptors (Lipinski definition) is 2. The van der Waals surface area contributed by atoms with Crippen molar-refractivity contribution in [3.63, 3.8) is 0 Å². The van der Waals surface area contributed by atoms with E-state index in [1.165, 1.54) is 0 Å². The van der Waals surface area contributed by atoms with Crippen LogP contribution in [-0.4, -0.2) is 6.54 Å². The number of hydrogen-bond donors (Lipinski definition) is 2. The minimum absolute atomic E-state index is 0.0146. The smallest absolute Gasteiger partial charge is 0.164 e. The van der Waals surface area contributed by atoms with Gasteiger partial charge in [0.25, 0.3) is 0 Å². The van der Waals surface area contributed by atoms with E-state index in [-0.39, 0.29) is 6.54 Å². The summed E-state index contributed by atoms with van der Waals surface area (Å²) in [6.45, 7) is -0.0146. The minimum atomic E-state index is -0.737. The maximum atomic E-state index is 12.2. The normalized spacial score (nSPS) is 19.1. The van der Waals surface area contributed by atoms with Gasteiger partial charge in [-0.3, -0.25) is 0 Å². The van der Waals surface area contributed by atoms with Gasteiger partial charge >= 0.3 is 0 Å². The number of allylic oxidation sites excluding steroid dienone is 1. The summed E-state index contributed by atoms with van der Waals surface area (Å²) >= 11 is 0. The SMILES string of the molecule is NC1=C(F)CNC=C1F. The van der Waals surface area contributed by atoms with Crippen LogP contribution in [0.5, 0.6) is 0 Å². The third-order valence-electron chi connectivity index (χ3n) is 1.04. The first-order chi connectivity index (χ1) is 4.22. The first-order valence-corrected chi connectivity index (χ1v) is 2.45. The second-order valence-corrected chi connectivity index (χ2v) is 1.69. The quantitative estimate of drug-likeness (QED) is 0.504. The monoisotopic (exact) mass is 132 g/mol. The summed E-state index contributed by atoms with van der Waals surface area (Å²) in [5.74, 6) is -1.38. The van der Waals surface area contributed by atoms with E-state index in [0.29, 0.717) is 0 Å².